The van der Waals surface area contributed by atoms with Gasteiger partial charge in [-0.25, -0.2) is 0 Å². The number of aliphatic hydroxyl groups excluding tert-OH is 1. The second-order valence-corrected chi connectivity index (χ2v) is 5.79. The van der Waals surface area contributed by atoms with E-state index in [1.165, 1.54) is 23.2 Å². The summed E-state index contributed by atoms with van der Waals surface area (Å²) < 4.78 is 0. The average molecular weight is 267 g/mol. The lowest BCUT2D eigenvalue weighted by atomic mass is 9.93. The van der Waals surface area contributed by atoms with Crippen molar-refractivity contribution in [1.29, 1.82) is 0 Å². The van der Waals surface area contributed by atoms with Crippen molar-refractivity contribution in [2.24, 2.45) is 5.92 Å². The van der Waals surface area contributed by atoms with Gasteiger partial charge in [0, 0.05) is 18.8 Å². The van der Waals surface area contributed by atoms with Gasteiger partial charge in [0.1, 0.15) is 0 Å². The fourth-order valence-electron chi connectivity index (χ4n) is 3.03. The molecule has 3 rings (SSSR count). The summed E-state index contributed by atoms with van der Waals surface area (Å²) in [5.74, 6) is 0.696. The molecule has 1 aliphatic heterocycles. The van der Waals surface area contributed by atoms with Crippen molar-refractivity contribution in [2.75, 3.05) is 11.4 Å². The molecule has 1 aliphatic rings. The fraction of sp³-hybridized carbons (Fsp3) is 0.333. The van der Waals surface area contributed by atoms with Crippen LogP contribution in [0.3, 0.4) is 0 Å². The molecule has 0 saturated carbocycles. The Morgan fingerprint density at radius 1 is 1.05 bits per heavy atom. The van der Waals surface area contributed by atoms with Crippen LogP contribution in [-0.2, 0) is 19.6 Å². The zero-order valence-corrected chi connectivity index (χ0v) is 11.9. The molecule has 0 bridgehead atoms. The number of benzene rings is 2. The summed E-state index contributed by atoms with van der Waals surface area (Å²) in [5, 5.41) is 9.10. The summed E-state index contributed by atoms with van der Waals surface area (Å²) in [7, 11) is 0. The van der Waals surface area contributed by atoms with Gasteiger partial charge < -0.3 is 10.0 Å². The maximum absolute atomic E-state index is 9.10. The molecule has 1 atom stereocenters. The maximum Gasteiger partial charge on any atom is 0.0681 e. The Morgan fingerprint density at radius 2 is 1.75 bits per heavy atom. The maximum atomic E-state index is 9.10. The zero-order chi connectivity index (χ0) is 13.9. The molecule has 1 unspecified atom stereocenters. The normalized spacial score (nSPS) is 17.9. The van der Waals surface area contributed by atoms with E-state index in [4.69, 9.17) is 5.11 Å². The van der Waals surface area contributed by atoms with Crippen molar-refractivity contribution in [3.63, 3.8) is 0 Å². The summed E-state index contributed by atoms with van der Waals surface area (Å²) in [6.07, 6.45) is 1.18. The third kappa shape index (κ3) is 2.70. The minimum atomic E-state index is 0.115. The predicted molar refractivity (Wildman–Crippen MR) is 82.7 cm³/mol. The highest BCUT2D eigenvalue weighted by Gasteiger charge is 2.21. The van der Waals surface area contributed by atoms with Gasteiger partial charge in [0.2, 0.25) is 0 Å². The minimum absolute atomic E-state index is 0.115. The van der Waals surface area contributed by atoms with Crippen molar-refractivity contribution < 1.29 is 5.11 Å². The van der Waals surface area contributed by atoms with Crippen LogP contribution < -0.4 is 4.90 Å². The number of nitrogens with zero attached hydrogens (tertiary/aromatic N) is 1. The van der Waals surface area contributed by atoms with Crippen LogP contribution >= 0.6 is 0 Å². The molecule has 2 aromatic carbocycles. The molecule has 0 amide bonds. The van der Waals surface area contributed by atoms with E-state index in [2.05, 4.69) is 48.2 Å². The molecule has 1 heterocycles. The standard InChI is InChI=1S/C18H21NO/c1-14-10-17-4-2-3-5-18(17)19(11-14)12-15-6-8-16(13-20)9-7-15/h2-9,14,20H,10-13H2,1H3. The summed E-state index contributed by atoms with van der Waals surface area (Å²) in [6.45, 7) is 4.48. The van der Waals surface area contributed by atoms with Gasteiger partial charge >= 0.3 is 0 Å². The van der Waals surface area contributed by atoms with Crippen LogP contribution in [-0.4, -0.2) is 11.7 Å². The summed E-state index contributed by atoms with van der Waals surface area (Å²) in [6, 6.07) is 17.0. The summed E-state index contributed by atoms with van der Waals surface area (Å²) in [5.41, 5.74) is 5.10. The first-order valence-electron chi connectivity index (χ1n) is 7.28. The molecule has 0 fully saturated rings. The number of para-hydroxylation sites is 1. The van der Waals surface area contributed by atoms with Crippen LogP contribution in [0, 0.1) is 5.92 Å². The number of hydrogen-bond donors (Lipinski definition) is 1. The summed E-state index contributed by atoms with van der Waals surface area (Å²) in [4.78, 5) is 2.47. The predicted octanol–water partition coefficient (Wildman–Crippen LogP) is 3.38. The van der Waals surface area contributed by atoms with Gasteiger partial charge in [0.15, 0.2) is 0 Å². The number of anilines is 1. The van der Waals surface area contributed by atoms with Crippen LogP contribution in [0.5, 0.6) is 0 Å². The van der Waals surface area contributed by atoms with Crippen LogP contribution in [0.25, 0.3) is 0 Å². The van der Waals surface area contributed by atoms with E-state index >= 15 is 0 Å². The number of rotatable bonds is 3. The van der Waals surface area contributed by atoms with E-state index in [0.29, 0.717) is 5.92 Å². The molecule has 0 aliphatic carbocycles. The number of hydrogen-bond acceptors (Lipinski definition) is 2. The van der Waals surface area contributed by atoms with Gasteiger partial charge in [-0.3, -0.25) is 0 Å². The molecule has 0 radical (unpaired) electrons. The fourth-order valence-corrected chi connectivity index (χ4v) is 3.03. The van der Waals surface area contributed by atoms with Crippen molar-refractivity contribution in [3.8, 4) is 0 Å². The molecule has 0 aromatic heterocycles. The lowest BCUT2D eigenvalue weighted by Crippen LogP contribution is -2.33. The molecule has 0 spiro atoms. The molecular weight excluding hydrogens is 246 g/mol. The van der Waals surface area contributed by atoms with E-state index < -0.39 is 0 Å². The van der Waals surface area contributed by atoms with Gasteiger partial charge in [-0.15, -0.1) is 0 Å². The van der Waals surface area contributed by atoms with Gasteiger partial charge in [-0.2, -0.15) is 0 Å². The van der Waals surface area contributed by atoms with Crippen molar-refractivity contribution in [2.45, 2.75) is 26.5 Å². The van der Waals surface area contributed by atoms with Crippen LogP contribution in [0.4, 0.5) is 5.69 Å². The second-order valence-electron chi connectivity index (χ2n) is 5.79. The van der Waals surface area contributed by atoms with Crippen LogP contribution in [0.1, 0.15) is 23.6 Å². The molecule has 2 aromatic rings. The average Bonchev–Trinajstić information content (AvgIpc) is 2.48. The lowest BCUT2D eigenvalue weighted by Gasteiger charge is -2.35. The Morgan fingerprint density at radius 3 is 2.50 bits per heavy atom. The molecular formula is C18H21NO. The number of fused-ring (bicyclic) bond motifs is 1. The highest BCUT2D eigenvalue weighted by molar-refractivity contribution is 5.56. The molecule has 104 valence electrons. The zero-order valence-electron chi connectivity index (χ0n) is 11.9. The second kappa shape index (κ2) is 5.68. The van der Waals surface area contributed by atoms with Crippen LogP contribution in [0.2, 0.25) is 0 Å². The molecule has 2 nitrogen and oxygen atoms in total. The topological polar surface area (TPSA) is 23.5 Å². The van der Waals surface area contributed by atoms with E-state index in [1.54, 1.807) is 0 Å². The van der Waals surface area contributed by atoms with E-state index in [9.17, 15) is 0 Å². The first-order valence-corrected chi connectivity index (χ1v) is 7.28. The molecule has 0 saturated heterocycles. The monoisotopic (exact) mass is 267 g/mol. The quantitative estimate of drug-likeness (QED) is 0.921. The van der Waals surface area contributed by atoms with Crippen molar-refractivity contribution >= 4 is 5.69 Å². The lowest BCUT2D eigenvalue weighted by molar-refractivity contribution is 0.282. The van der Waals surface area contributed by atoms with Gasteiger partial charge in [-0.05, 0) is 35.1 Å². The third-order valence-corrected chi connectivity index (χ3v) is 4.01. The van der Waals surface area contributed by atoms with E-state index in [1.807, 2.05) is 12.1 Å². The Bertz CT molecular complexity index is 576. The highest BCUT2D eigenvalue weighted by atomic mass is 16.3. The smallest absolute Gasteiger partial charge is 0.0681 e. The largest absolute Gasteiger partial charge is 0.392 e. The van der Waals surface area contributed by atoms with Gasteiger partial charge in [-0.1, -0.05) is 49.4 Å². The van der Waals surface area contributed by atoms with Crippen LogP contribution in [0.15, 0.2) is 48.5 Å². The Kier molecular flexibility index (Phi) is 3.75. The molecule has 1 N–H and O–H groups in total. The Labute approximate surface area is 120 Å². The third-order valence-electron chi connectivity index (χ3n) is 4.01. The highest BCUT2D eigenvalue weighted by Crippen LogP contribution is 2.30. The SMILES string of the molecule is CC1Cc2ccccc2N(Cc2ccc(CO)cc2)C1. The first-order chi connectivity index (χ1) is 9.76. The van der Waals surface area contributed by atoms with E-state index in [-0.39, 0.29) is 6.61 Å². The van der Waals surface area contributed by atoms with Crippen molar-refractivity contribution in [1.82, 2.24) is 0 Å². The molecule has 2 heteroatoms. The molecule has 20 heavy (non-hydrogen) atoms. The first kappa shape index (κ1) is 13.2. The van der Waals surface area contributed by atoms with Crippen molar-refractivity contribution in [3.05, 3.63) is 65.2 Å². The van der Waals surface area contributed by atoms with E-state index in [0.717, 1.165) is 18.7 Å². The summed E-state index contributed by atoms with van der Waals surface area (Å²) >= 11 is 0. The minimum Gasteiger partial charge on any atom is -0.392 e. The Balaban J connectivity index is 1.83. The van der Waals surface area contributed by atoms with Gasteiger partial charge in [0.25, 0.3) is 0 Å². The Hall–Kier alpha value is -1.80. The number of aliphatic hydroxyl groups is 1. The van der Waals surface area contributed by atoms with Gasteiger partial charge in [0.05, 0.1) is 6.61 Å².